The Morgan fingerprint density at radius 1 is 1.30 bits per heavy atom. The van der Waals surface area contributed by atoms with Gasteiger partial charge in [0.15, 0.2) is 0 Å². The van der Waals surface area contributed by atoms with Crippen LogP contribution in [0.4, 0.5) is 4.79 Å². The smallest absolute Gasteiger partial charge is 0.315 e. The van der Waals surface area contributed by atoms with Crippen molar-refractivity contribution in [3.05, 3.63) is 53.1 Å². The Kier molecular flexibility index (Phi) is 4.06. The van der Waals surface area contributed by atoms with Crippen molar-refractivity contribution in [3.8, 4) is 0 Å². The average Bonchev–Trinajstić information content (AvgIpc) is 3.09. The summed E-state index contributed by atoms with van der Waals surface area (Å²) in [7, 11) is 0. The van der Waals surface area contributed by atoms with Crippen LogP contribution in [0.3, 0.4) is 0 Å². The van der Waals surface area contributed by atoms with Gasteiger partial charge in [-0.05, 0) is 32.9 Å². The van der Waals surface area contributed by atoms with Gasteiger partial charge in [-0.2, -0.15) is 0 Å². The molecule has 0 saturated carbocycles. The first-order valence-corrected chi connectivity index (χ1v) is 7.49. The molecular formula is C17H19N3O3. The minimum absolute atomic E-state index is 0.230. The van der Waals surface area contributed by atoms with Gasteiger partial charge in [0, 0.05) is 17.5 Å². The molecule has 1 unspecified atom stereocenters. The first-order valence-electron chi connectivity index (χ1n) is 7.49. The second-order valence-electron chi connectivity index (χ2n) is 5.54. The van der Waals surface area contributed by atoms with Crippen molar-refractivity contribution in [3.63, 3.8) is 0 Å². The van der Waals surface area contributed by atoms with E-state index < -0.39 is 0 Å². The van der Waals surface area contributed by atoms with Crippen LogP contribution in [0.1, 0.15) is 35.7 Å². The summed E-state index contributed by atoms with van der Waals surface area (Å²) in [6, 6.07) is 9.20. The van der Waals surface area contributed by atoms with Crippen molar-refractivity contribution in [2.24, 2.45) is 0 Å². The number of rotatable bonds is 4. The number of hydrogen-bond donors (Lipinski definition) is 2. The molecule has 2 heterocycles. The summed E-state index contributed by atoms with van der Waals surface area (Å²) in [4.78, 5) is 12.0. The number of aromatic nitrogens is 1. The summed E-state index contributed by atoms with van der Waals surface area (Å²) in [5.41, 5.74) is 2.50. The van der Waals surface area contributed by atoms with Gasteiger partial charge in [0.05, 0.1) is 11.7 Å². The standard InChI is InChI=1S/C17H19N3O3/c1-10-14(12(3)23-20-10)9-18-17(21)19-11(2)16-8-13-6-4-5-7-15(13)22-16/h4-8,11H,9H2,1-3H3,(H2,18,19,21). The van der Waals surface area contributed by atoms with E-state index in [2.05, 4.69) is 15.8 Å². The molecule has 3 aromatic rings. The molecule has 1 atom stereocenters. The zero-order valence-electron chi connectivity index (χ0n) is 13.3. The molecule has 0 radical (unpaired) electrons. The van der Waals surface area contributed by atoms with E-state index in [9.17, 15) is 4.79 Å². The monoisotopic (exact) mass is 313 g/mol. The summed E-state index contributed by atoms with van der Waals surface area (Å²) >= 11 is 0. The van der Waals surface area contributed by atoms with Crippen molar-refractivity contribution >= 4 is 17.0 Å². The number of nitrogens with zero attached hydrogens (tertiary/aromatic N) is 1. The lowest BCUT2D eigenvalue weighted by molar-refractivity contribution is 0.236. The number of aryl methyl sites for hydroxylation is 2. The molecule has 120 valence electrons. The van der Waals surface area contributed by atoms with E-state index >= 15 is 0 Å². The summed E-state index contributed by atoms with van der Waals surface area (Å²) in [6.45, 7) is 5.93. The number of amides is 2. The molecule has 1 aromatic carbocycles. The van der Waals surface area contributed by atoms with Crippen LogP contribution in [-0.2, 0) is 6.54 Å². The van der Waals surface area contributed by atoms with E-state index in [0.29, 0.717) is 12.3 Å². The van der Waals surface area contributed by atoms with Gasteiger partial charge in [-0.1, -0.05) is 23.4 Å². The molecule has 2 amide bonds. The topological polar surface area (TPSA) is 80.3 Å². The second kappa shape index (κ2) is 6.16. The minimum atomic E-state index is -0.266. The number of para-hydroxylation sites is 1. The fourth-order valence-electron chi connectivity index (χ4n) is 2.46. The van der Waals surface area contributed by atoms with Crippen LogP contribution >= 0.6 is 0 Å². The molecule has 23 heavy (non-hydrogen) atoms. The Bertz CT molecular complexity index is 782. The number of carbonyl (C=O) groups excluding carboxylic acids is 1. The molecule has 6 nitrogen and oxygen atoms in total. The average molecular weight is 313 g/mol. The number of benzene rings is 1. The van der Waals surface area contributed by atoms with E-state index in [4.69, 9.17) is 8.94 Å². The molecule has 0 aliphatic heterocycles. The largest absolute Gasteiger partial charge is 0.459 e. The maximum atomic E-state index is 12.0. The van der Waals surface area contributed by atoms with Crippen molar-refractivity contribution in [1.82, 2.24) is 15.8 Å². The number of fused-ring (bicyclic) bond motifs is 1. The van der Waals surface area contributed by atoms with Gasteiger partial charge in [0.25, 0.3) is 0 Å². The fraction of sp³-hybridized carbons (Fsp3) is 0.294. The maximum absolute atomic E-state index is 12.0. The number of nitrogens with one attached hydrogen (secondary N) is 2. The molecule has 0 fully saturated rings. The fourth-order valence-corrected chi connectivity index (χ4v) is 2.46. The molecule has 6 heteroatoms. The number of hydrogen-bond acceptors (Lipinski definition) is 4. The summed E-state index contributed by atoms with van der Waals surface area (Å²) in [5, 5.41) is 10.6. The van der Waals surface area contributed by atoms with Gasteiger partial charge in [0.1, 0.15) is 17.1 Å². The Labute approximate surface area is 133 Å². The zero-order valence-corrected chi connectivity index (χ0v) is 13.3. The van der Waals surface area contributed by atoms with Crippen LogP contribution in [0.25, 0.3) is 11.0 Å². The number of furan rings is 1. The van der Waals surface area contributed by atoms with Gasteiger partial charge in [-0.3, -0.25) is 0 Å². The highest BCUT2D eigenvalue weighted by atomic mass is 16.5. The molecule has 2 aromatic heterocycles. The third-order valence-corrected chi connectivity index (χ3v) is 3.83. The molecule has 0 aliphatic carbocycles. The molecule has 3 rings (SSSR count). The predicted octanol–water partition coefficient (Wildman–Crippen LogP) is 3.60. The van der Waals surface area contributed by atoms with E-state index in [1.165, 1.54) is 0 Å². The van der Waals surface area contributed by atoms with Gasteiger partial charge in [0.2, 0.25) is 0 Å². The van der Waals surface area contributed by atoms with Crippen LogP contribution in [-0.4, -0.2) is 11.2 Å². The molecule has 0 aliphatic rings. The third kappa shape index (κ3) is 3.21. The van der Waals surface area contributed by atoms with E-state index in [1.54, 1.807) is 0 Å². The zero-order chi connectivity index (χ0) is 16.4. The van der Waals surface area contributed by atoms with E-state index in [-0.39, 0.29) is 12.1 Å². The first kappa shape index (κ1) is 15.1. The van der Waals surface area contributed by atoms with Crippen LogP contribution in [0.15, 0.2) is 39.3 Å². The SMILES string of the molecule is Cc1noc(C)c1CNC(=O)NC(C)c1cc2ccccc2o1. The van der Waals surface area contributed by atoms with Gasteiger partial charge in [-0.25, -0.2) is 4.79 Å². The summed E-state index contributed by atoms with van der Waals surface area (Å²) in [6.07, 6.45) is 0. The third-order valence-electron chi connectivity index (χ3n) is 3.83. The van der Waals surface area contributed by atoms with Crippen molar-refractivity contribution < 1.29 is 13.7 Å². The minimum Gasteiger partial charge on any atom is -0.459 e. The molecule has 0 spiro atoms. The highest BCUT2D eigenvalue weighted by molar-refractivity contribution is 5.78. The Morgan fingerprint density at radius 2 is 2.09 bits per heavy atom. The normalized spacial score (nSPS) is 12.3. The lowest BCUT2D eigenvalue weighted by Gasteiger charge is -2.12. The highest BCUT2D eigenvalue weighted by Gasteiger charge is 2.15. The van der Waals surface area contributed by atoms with Crippen molar-refractivity contribution in [2.75, 3.05) is 0 Å². The summed E-state index contributed by atoms with van der Waals surface area (Å²) < 4.78 is 10.8. The lowest BCUT2D eigenvalue weighted by Crippen LogP contribution is -2.36. The highest BCUT2D eigenvalue weighted by Crippen LogP contribution is 2.23. The van der Waals surface area contributed by atoms with Gasteiger partial charge >= 0.3 is 6.03 Å². The molecule has 0 saturated heterocycles. The Hall–Kier alpha value is -2.76. The lowest BCUT2D eigenvalue weighted by atomic mass is 10.2. The van der Waals surface area contributed by atoms with Crippen LogP contribution in [0.2, 0.25) is 0 Å². The van der Waals surface area contributed by atoms with Crippen LogP contribution in [0, 0.1) is 13.8 Å². The van der Waals surface area contributed by atoms with E-state index in [1.807, 2.05) is 51.1 Å². The first-order chi connectivity index (χ1) is 11.0. The molecular weight excluding hydrogens is 294 g/mol. The maximum Gasteiger partial charge on any atom is 0.315 e. The van der Waals surface area contributed by atoms with Crippen molar-refractivity contribution in [1.29, 1.82) is 0 Å². The van der Waals surface area contributed by atoms with Gasteiger partial charge < -0.3 is 19.6 Å². The van der Waals surface area contributed by atoms with Crippen LogP contribution in [0.5, 0.6) is 0 Å². The quantitative estimate of drug-likeness (QED) is 0.771. The molecule has 2 N–H and O–H groups in total. The Balaban J connectivity index is 1.61. The number of carbonyl (C=O) groups is 1. The summed E-state index contributed by atoms with van der Waals surface area (Å²) in [5.74, 6) is 1.44. The number of urea groups is 1. The van der Waals surface area contributed by atoms with Crippen LogP contribution < -0.4 is 10.6 Å². The predicted molar refractivity (Wildman–Crippen MR) is 86.0 cm³/mol. The van der Waals surface area contributed by atoms with Crippen molar-refractivity contribution in [2.45, 2.75) is 33.4 Å². The molecule has 0 bridgehead atoms. The Morgan fingerprint density at radius 3 is 2.78 bits per heavy atom. The second-order valence-corrected chi connectivity index (χ2v) is 5.54. The van der Waals surface area contributed by atoms with Gasteiger partial charge in [-0.15, -0.1) is 0 Å². The van der Waals surface area contributed by atoms with E-state index in [0.717, 1.165) is 28.0 Å².